The van der Waals surface area contributed by atoms with E-state index < -0.39 is 5.97 Å². The van der Waals surface area contributed by atoms with Crippen LogP contribution in [0.4, 0.5) is 0 Å². The maximum atomic E-state index is 12.3. The third kappa shape index (κ3) is 8.56. The van der Waals surface area contributed by atoms with Gasteiger partial charge in [0, 0.05) is 24.6 Å². The van der Waals surface area contributed by atoms with E-state index in [1.165, 1.54) is 12.2 Å². The monoisotopic (exact) mass is 476 g/mol. The molecule has 1 unspecified atom stereocenters. The molecular weight excluding hydrogens is 444 g/mol. The summed E-state index contributed by atoms with van der Waals surface area (Å²) in [5.74, 6) is -0.671. The normalized spacial score (nSPS) is 21.6. The van der Waals surface area contributed by atoms with Crippen molar-refractivity contribution in [2.75, 3.05) is 6.61 Å². The van der Waals surface area contributed by atoms with Gasteiger partial charge < -0.3 is 14.2 Å². The minimum absolute atomic E-state index is 0.0684. The number of allylic oxidation sites excluding steroid dienone is 2. The van der Waals surface area contributed by atoms with Gasteiger partial charge in [-0.2, -0.15) is 0 Å². The number of hydrogen-bond donors (Lipinski definition) is 0. The minimum Gasteiger partial charge on any atom is -0.463 e. The highest BCUT2D eigenvalue weighted by Crippen LogP contribution is 2.29. The molecule has 0 spiro atoms. The van der Waals surface area contributed by atoms with Gasteiger partial charge in [-0.25, -0.2) is 14.4 Å². The zero-order chi connectivity index (χ0) is 25.0. The lowest BCUT2D eigenvalue weighted by Crippen LogP contribution is -2.24. The van der Waals surface area contributed by atoms with Gasteiger partial charge in [-0.05, 0) is 66.9 Å². The van der Waals surface area contributed by atoms with Gasteiger partial charge in [0.05, 0.1) is 6.61 Å². The Labute approximate surface area is 206 Å². The molecule has 0 heterocycles. The summed E-state index contributed by atoms with van der Waals surface area (Å²) in [6.45, 7) is 7.20. The third-order valence-electron chi connectivity index (χ3n) is 6.16. The molecule has 0 amide bonds. The second-order valence-corrected chi connectivity index (χ2v) is 8.63. The Morgan fingerprint density at radius 3 is 2.26 bits per heavy atom. The molecule has 2 aliphatic carbocycles. The van der Waals surface area contributed by atoms with E-state index in [0.717, 1.165) is 54.9 Å². The molecule has 1 aromatic rings. The maximum Gasteiger partial charge on any atom is 0.331 e. The molecule has 0 radical (unpaired) electrons. The quantitative estimate of drug-likeness (QED) is 0.257. The number of hydrogen-bond acceptors (Lipinski definition) is 6. The highest BCUT2D eigenvalue weighted by molar-refractivity contribution is 5.87. The van der Waals surface area contributed by atoms with E-state index in [1.54, 1.807) is 6.08 Å². The molecule has 1 saturated carbocycles. The molecule has 1 aromatic carbocycles. The van der Waals surface area contributed by atoms with Crippen molar-refractivity contribution < 1.29 is 28.6 Å². The molecule has 2 aliphatic rings. The van der Waals surface area contributed by atoms with Crippen molar-refractivity contribution >= 4 is 29.6 Å². The highest BCUT2D eigenvalue weighted by Gasteiger charge is 2.23. The second-order valence-electron chi connectivity index (χ2n) is 8.63. The summed E-state index contributed by atoms with van der Waals surface area (Å²) in [5, 5.41) is 0. The first kappa shape index (κ1) is 25.9. The van der Waals surface area contributed by atoms with Gasteiger partial charge in [0.25, 0.3) is 0 Å². The SMILES string of the molecule is C=CC(=O)OCCC1CCC(OC(=O)/C=C/c2ccc(C3=CCC(OC(=O)C=C)C=C3)cc2)CC1. The van der Waals surface area contributed by atoms with Crippen molar-refractivity contribution in [1.82, 2.24) is 0 Å². The van der Waals surface area contributed by atoms with E-state index in [9.17, 15) is 14.4 Å². The van der Waals surface area contributed by atoms with Crippen LogP contribution in [0.5, 0.6) is 0 Å². The van der Waals surface area contributed by atoms with E-state index >= 15 is 0 Å². The molecule has 3 rings (SSSR count). The smallest absolute Gasteiger partial charge is 0.331 e. The zero-order valence-electron chi connectivity index (χ0n) is 19.9. The summed E-state index contributed by atoms with van der Waals surface area (Å²) in [7, 11) is 0. The summed E-state index contributed by atoms with van der Waals surface area (Å²) in [4.78, 5) is 34.7. The fourth-order valence-electron chi connectivity index (χ4n) is 4.18. The van der Waals surface area contributed by atoms with E-state index in [-0.39, 0.29) is 24.1 Å². The van der Waals surface area contributed by atoms with E-state index in [1.807, 2.05) is 42.5 Å². The van der Waals surface area contributed by atoms with Crippen molar-refractivity contribution in [2.45, 2.75) is 50.7 Å². The zero-order valence-corrected chi connectivity index (χ0v) is 19.9. The van der Waals surface area contributed by atoms with Gasteiger partial charge in [-0.15, -0.1) is 0 Å². The summed E-state index contributed by atoms with van der Waals surface area (Å²) in [5.41, 5.74) is 3.01. The Kier molecular flexibility index (Phi) is 9.84. The molecule has 0 aliphatic heterocycles. The van der Waals surface area contributed by atoms with Gasteiger partial charge in [-0.3, -0.25) is 0 Å². The van der Waals surface area contributed by atoms with Crippen LogP contribution >= 0.6 is 0 Å². The average Bonchev–Trinajstić information content (AvgIpc) is 2.89. The van der Waals surface area contributed by atoms with Crippen LogP contribution in [0.2, 0.25) is 0 Å². The maximum absolute atomic E-state index is 12.3. The van der Waals surface area contributed by atoms with E-state index in [4.69, 9.17) is 14.2 Å². The Morgan fingerprint density at radius 2 is 1.63 bits per heavy atom. The number of rotatable bonds is 10. The summed E-state index contributed by atoms with van der Waals surface area (Å²) < 4.78 is 15.9. The molecule has 1 atom stereocenters. The van der Waals surface area contributed by atoms with E-state index in [0.29, 0.717) is 18.9 Å². The molecule has 184 valence electrons. The molecule has 6 heteroatoms. The topological polar surface area (TPSA) is 78.9 Å². The minimum atomic E-state index is -0.428. The van der Waals surface area contributed by atoms with Gasteiger partial charge in [0.15, 0.2) is 0 Å². The number of esters is 3. The first-order valence-corrected chi connectivity index (χ1v) is 12.0. The lowest BCUT2D eigenvalue weighted by molar-refractivity contribution is -0.145. The predicted molar refractivity (Wildman–Crippen MR) is 135 cm³/mol. The van der Waals surface area contributed by atoms with Gasteiger partial charge >= 0.3 is 17.9 Å². The first-order valence-electron chi connectivity index (χ1n) is 12.0. The Hall–Kier alpha value is -3.67. The molecule has 0 saturated heterocycles. The van der Waals surface area contributed by atoms with Gasteiger partial charge in [0.2, 0.25) is 0 Å². The fourth-order valence-corrected chi connectivity index (χ4v) is 4.18. The molecule has 1 fully saturated rings. The van der Waals surface area contributed by atoms with Crippen LogP contribution < -0.4 is 0 Å². The molecule has 6 nitrogen and oxygen atoms in total. The van der Waals surface area contributed by atoms with Crippen molar-refractivity contribution in [3.05, 3.63) is 85.0 Å². The van der Waals surface area contributed by atoms with Gasteiger partial charge in [-0.1, -0.05) is 49.6 Å². The lowest BCUT2D eigenvalue weighted by atomic mass is 9.85. The van der Waals surface area contributed by atoms with E-state index in [2.05, 4.69) is 13.2 Å². The second kappa shape index (κ2) is 13.3. The van der Waals surface area contributed by atoms with Crippen molar-refractivity contribution in [1.29, 1.82) is 0 Å². The molecular formula is C29H32O6. The largest absolute Gasteiger partial charge is 0.463 e. The van der Waals surface area contributed by atoms with Gasteiger partial charge in [0.1, 0.15) is 12.2 Å². The molecule has 0 aromatic heterocycles. The summed E-state index contributed by atoms with van der Waals surface area (Å²) in [6.07, 6.45) is 16.1. The predicted octanol–water partition coefficient (Wildman–Crippen LogP) is 5.36. The number of benzene rings is 1. The first-order chi connectivity index (χ1) is 17.0. The molecule has 35 heavy (non-hydrogen) atoms. The van der Waals surface area contributed by atoms with Crippen LogP contribution in [-0.4, -0.2) is 36.7 Å². The number of ether oxygens (including phenoxy) is 3. The molecule has 0 N–H and O–H groups in total. The standard InChI is InChI=1S/C29H32O6/c1-3-27(30)33-20-19-22-7-14-25(15-8-22)35-29(32)18-9-21-5-10-23(11-6-21)24-12-16-26(17-13-24)34-28(31)4-2/h3-6,9-13,16,18,22,25-26H,1-2,7-8,14-15,17,19-20H2/b18-9+. The van der Waals surface area contributed by atoms with Crippen LogP contribution in [0.1, 0.15) is 49.7 Å². The Morgan fingerprint density at radius 1 is 0.914 bits per heavy atom. The van der Waals surface area contributed by atoms with Crippen molar-refractivity contribution in [2.24, 2.45) is 5.92 Å². The average molecular weight is 477 g/mol. The Balaban J connectivity index is 1.40. The Bertz CT molecular complexity index is 1010. The molecule has 0 bridgehead atoms. The number of carbonyl (C=O) groups excluding carboxylic acids is 3. The van der Waals surface area contributed by atoms with Crippen LogP contribution in [0, 0.1) is 5.92 Å². The van der Waals surface area contributed by atoms with Crippen molar-refractivity contribution in [3.8, 4) is 0 Å². The summed E-state index contributed by atoms with van der Waals surface area (Å²) in [6, 6.07) is 7.87. The third-order valence-corrected chi connectivity index (χ3v) is 6.16. The highest BCUT2D eigenvalue weighted by atomic mass is 16.5. The van der Waals surface area contributed by atoms with Crippen molar-refractivity contribution in [3.63, 3.8) is 0 Å². The lowest BCUT2D eigenvalue weighted by Gasteiger charge is -2.27. The fraction of sp³-hybridized carbons (Fsp3) is 0.345. The number of carbonyl (C=O) groups is 3. The summed E-state index contributed by atoms with van der Waals surface area (Å²) >= 11 is 0. The van der Waals surface area contributed by atoms with Crippen LogP contribution in [0.15, 0.2) is 73.9 Å². The van der Waals surface area contributed by atoms with Crippen LogP contribution in [0.3, 0.4) is 0 Å². The van der Waals surface area contributed by atoms with Crippen LogP contribution in [0.25, 0.3) is 11.6 Å². The van der Waals surface area contributed by atoms with Crippen LogP contribution in [-0.2, 0) is 28.6 Å².